The van der Waals surface area contributed by atoms with Gasteiger partial charge in [-0.05, 0) is 24.1 Å². The summed E-state index contributed by atoms with van der Waals surface area (Å²) < 4.78 is 0. The molecule has 0 spiro atoms. The smallest absolute Gasteiger partial charge is 0.221 e. The van der Waals surface area contributed by atoms with Crippen LogP contribution >= 0.6 is 11.6 Å². The van der Waals surface area contributed by atoms with Gasteiger partial charge in [0.2, 0.25) is 11.8 Å². The van der Waals surface area contributed by atoms with Crippen LogP contribution in [0.1, 0.15) is 45.1 Å². The van der Waals surface area contributed by atoms with Crippen molar-refractivity contribution < 1.29 is 9.59 Å². The third-order valence-electron chi connectivity index (χ3n) is 3.44. The highest BCUT2D eigenvalue weighted by atomic mass is 35.5. The van der Waals surface area contributed by atoms with Crippen LogP contribution in [0.4, 0.5) is 0 Å². The summed E-state index contributed by atoms with van der Waals surface area (Å²) in [5, 5.41) is 3.56. The van der Waals surface area contributed by atoms with Crippen LogP contribution in [0.2, 0.25) is 5.02 Å². The van der Waals surface area contributed by atoms with Gasteiger partial charge in [-0.3, -0.25) is 9.59 Å². The number of amides is 2. The molecule has 1 N–H and O–H groups in total. The lowest BCUT2D eigenvalue weighted by molar-refractivity contribution is -0.130. The normalized spacial score (nSPS) is 10.3. The molecule has 0 aliphatic rings. The molecular weight excluding hydrogens is 300 g/mol. The highest BCUT2D eigenvalue weighted by Gasteiger charge is 2.11. The van der Waals surface area contributed by atoms with Crippen LogP contribution < -0.4 is 5.32 Å². The van der Waals surface area contributed by atoms with Gasteiger partial charge < -0.3 is 10.2 Å². The van der Waals surface area contributed by atoms with Crippen LogP contribution in [0.15, 0.2) is 24.3 Å². The Balaban J connectivity index is 2.39. The Hall–Kier alpha value is -1.55. The number of nitrogens with zero attached hydrogens (tertiary/aromatic N) is 1. The lowest BCUT2D eigenvalue weighted by Crippen LogP contribution is -2.33. The summed E-state index contributed by atoms with van der Waals surface area (Å²) in [5.41, 5.74) is 1.00. The highest BCUT2D eigenvalue weighted by Crippen LogP contribution is 2.12. The summed E-state index contributed by atoms with van der Waals surface area (Å²) >= 11 is 5.85. The minimum atomic E-state index is -0.0336. The van der Waals surface area contributed by atoms with Crippen molar-refractivity contribution in [3.8, 4) is 0 Å². The highest BCUT2D eigenvalue weighted by molar-refractivity contribution is 6.30. The predicted octanol–water partition coefficient (Wildman–Crippen LogP) is 3.39. The summed E-state index contributed by atoms with van der Waals surface area (Å²) in [6.45, 7) is 5.29. The van der Waals surface area contributed by atoms with Gasteiger partial charge in [0, 0.05) is 38.0 Å². The lowest BCUT2D eigenvalue weighted by Gasteiger charge is -2.21. The second kappa shape index (κ2) is 10.2. The molecule has 2 amide bonds. The Kier molecular flexibility index (Phi) is 8.60. The molecule has 0 saturated carbocycles. The Morgan fingerprint density at radius 2 is 1.86 bits per heavy atom. The summed E-state index contributed by atoms with van der Waals surface area (Å²) in [4.78, 5) is 25.1. The number of hydrogen-bond acceptors (Lipinski definition) is 2. The van der Waals surface area contributed by atoms with E-state index in [-0.39, 0.29) is 11.8 Å². The van der Waals surface area contributed by atoms with Crippen molar-refractivity contribution in [2.75, 3.05) is 13.1 Å². The maximum atomic E-state index is 11.8. The maximum Gasteiger partial charge on any atom is 0.221 e. The van der Waals surface area contributed by atoms with E-state index in [4.69, 9.17) is 11.6 Å². The first-order chi connectivity index (χ1) is 10.5. The molecule has 0 radical (unpaired) electrons. The zero-order valence-electron chi connectivity index (χ0n) is 13.4. The Bertz CT molecular complexity index is 474. The van der Waals surface area contributed by atoms with E-state index in [9.17, 15) is 9.59 Å². The van der Waals surface area contributed by atoms with Gasteiger partial charge in [0.25, 0.3) is 0 Å². The molecule has 122 valence electrons. The van der Waals surface area contributed by atoms with Crippen LogP contribution in [0.25, 0.3) is 0 Å². The van der Waals surface area contributed by atoms with Crippen LogP contribution in [0.5, 0.6) is 0 Å². The Labute approximate surface area is 137 Å². The van der Waals surface area contributed by atoms with E-state index >= 15 is 0 Å². The third-order valence-corrected chi connectivity index (χ3v) is 3.70. The average molecular weight is 325 g/mol. The van der Waals surface area contributed by atoms with Crippen molar-refractivity contribution >= 4 is 23.4 Å². The zero-order valence-corrected chi connectivity index (χ0v) is 14.2. The van der Waals surface area contributed by atoms with E-state index in [2.05, 4.69) is 12.2 Å². The minimum Gasteiger partial charge on any atom is -0.356 e. The van der Waals surface area contributed by atoms with Gasteiger partial charge in [0.05, 0.1) is 0 Å². The van der Waals surface area contributed by atoms with E-state index in [0.29, 0.717) is 31.1 Å². The third kappa shape index (κ3) is 7.46. The number of carbonyl (C=O) groups is 2. The van der Waals surface area contributed by atoms with Crippen LogP contribution in [-0.4, -0.2) is 29.8 Å². The molecule has 0 unspecified atom stereocenters. The van der Waals surface area contributed by atoms with Gasteiger partial charge in [-0.2, -0.15) is 0 Å². The first-order valence-electron chi connectivity index (χ1n) is 7.79. The standard InChI is InChI=1S/C17H25ClN2O2/c1-3-4-5-11-19-17(22)10-12-20(14(2)21)13-15-6-8-16(18)9-7-15/h6-9H,3-5,10-13H2,1-2H3,(H,19,22). The van der Waals surface area contributed by atoms with Crippen molar-refractivity contribution in [2.45, 2.75) is 46.1 Å². The van der Waals surface area contributed by atoms with E-state index < -0.39 is 0 Å². The molecule has 22 heavy (non-hydrogen) atoms. The summed E-state index contributed by atoms with van der Waals surface area (Å²) in [6, 6.07) is 7.39. The van der Waals surface area contributed by atoms with Crippen molar-refractivity contribution in [1.82, 2.24) is 10.2 Å². The van der Waals surface area contributed by atoms with Gasteiger partial charge in [-0.15, -0.1) is 0 Å². The molecule has 0 aliphatic heterocycles. The Morgan fingerprint density at radius 3 is 2.45 bits per heavy atom. The first kappa shape index (κ1) is 18.5. The topological polar surface area (TPSA) is 49.4 Å². The van der Waals surface area contributed by atoms with Gasteiger partial charge in [-0.1, -0.05) is 43.5 Å². The number of halogens is 1. The van der Waals surface area contributed by atoms with Crippen molar-refractivity contribution in [3.05, 3.63) is 34.9 Å². The quantitative estimate of drug-likeness (QED) is 0.708. The molecule has 0 fully saturated rings. The fourth-order valence-corrected chi connectivity index (χ4v) is 2.21. The summed E-state index contributed by atoms with van der Waals surface area (Å²) in [7, 11) is 0. The van der Waals surface area contributed by atoms with E-state index in [0.717, 1.165) is 24.8 Å². The maximum absolute atomic E-state index is 11.8. The molecule has 1 aromatic carbocycles. The minimum absolute atomic E-state index is 0.00143. The first-order valence-corrected chi connectivity index (χ1v) is 8.17. The molecule has 1 rings (SSSR count). The number of hydrogen-bond donors (Lipinski definition) is 1. The van der Waals surface area contributed by atoms with Gasteiger partial charge in [-0.25, -0.2) is 0 Å². The fraction of sp³-hybridized carbons (Fsp3) is 0.529. The number of carbonyl (C=O) groups excluding carboxylic acids is 2. The van der Waals surface area contributed by atoms with Crippen LogP contribution in [-0.2, 0) is 16.1 Å². The largest absolute Gasteiger partial charge is 0.356 e. The molecule has 0 saturated heterocycles. The van der Waals surface area contributed by atoms with Gasteiger partial charge >= 0.3 is 0 Å². The van der Waals surface area contributed by atoms with Crippen LogP contribution in [0.3, 0.4) is 0 Å². The lowest BCUT2D eigenvalue weighted by atomic mass is 10.2. The molecule has 5 heteroatoms. The fourth-order valence-electron chi connectivity index (χ4n) is 2.09. The molecule has 1 aromatic rings. The number of unbranched alkanes of at least 4 members (excludes halogenated alkanes) is 2. The Morgan fingerprint density at radius 1 is 1.18 bits per heavy atom. The van der Waals surface area contributed by atoms with E-state index in [1.165, 1.54) is 6.92 Å². The van der Waals surface area contributed by atoms with Crippen molar-refractivity contribution in [1.29, 1.82) is 0 Å². The second-order valence-electron chi connectivity index (χ2n) is 5.37. The van der Waals surface area contributed by atoms with Crippen molar-refractivity contribution in [3.63, 3.8) is 0 Å². The average Bonchev–Trinajstić information content (AvgIpc) is 2.49. The monoisotopic (exact) mass is 324 g/mol. The van der Waals surface area contributed by atoms with Gasteiger partial charge in [0.1, 0.15) is 0 Å². The SMILES string of the molecule is CCCCCNC(=O)CCN(Cc1ccc(Cl)cc1)C(C)=O. The summed E-state index contributed by atoms with van der Waals surface area (Å²) in [6.07, 6.45) is 3.59. The molecule has 0 aliphatic carbocycles. The van der Waals surface area contributed by atoms with E-state index in [1.807, 2.05) is 12.1 Å². The predicted molar refractivity (Wildman–Crippen MR) is 89.7 cm³/mol. The second-order valence-corrected chi connectivity index (χ2v) is 5.81. The molecule has 0 atom stereocenters. The van der Waals surface area contributed by atoms with Gasteiger partial charge in [0.15, 0.2) is 0 Å². The number of rotatable bonds is 9. The summed E-state index contributed by atoms with van der Waals surface area (Å²) in [5.74, 6) is -0.0350. The molecule has 0 heterocycles. The molecule has 0 aromatic heterocycles. The van der Waals surface area contributed by atoms with Crippen LogP contribution in [0, 0.1) is 0 Å². The molecule has 4 nitrogen and oxygen atoms in total. The van der Waals surface area contributed by atoms with Crippen molar-refractivity contribution in [2.24, 2.45) is 0 Å². The zero-order chi connectivity index (χ0) is 16.4. The van der Waals surface area contributed by atoms with E-state index in [1.54, 1.807) is 17.0 Å². The molecule has 0 bridgehead atoms. The number of nitrogens with one attached hydrogen (secondary N) is 1. The molecular formula is C17H25ClN2O2. The number of benzene rings is 1.